The standard InChI is InChI=1S/C19H20N4O3S2/c1-14(12-13-15-8-4-2-5-9-15)23-28(25,26)19-22-21-18(27-19)20-17(24)16-10-6-3-7-11-16/h2-11,14,23H,12-13H2,1H3,(H,20,21,24). The summed E-state index contributed by atoms with van der Waals surface area (Å²) in [5.74, 6) is -0.370. The third kappa shape index (κ3) is 5.44. The van der Waals surface area contributed by atoms with Gasteiger partial charge in [-0.3, -0.25) is 10.1 Å². The SMILES string of the molecule is CC(CCc1ccccc1)NS(=O)(=O)c1nnc(NC(=O)c2ccccc2)s1. The van der Waals surface area contributed by atoms with Crippen molar-refractivity contribution < 1.29 is 13.2 Å². The van der Waals surface area contributed by atoms with Gasteiger partial charge in [-0.1, -0.05) is 59.9 Å². The highest BCUT2D eigenvalue weighted by atomic mass is 32.2. The van der Waals surface area contributed by atoms with E-state index in [1.54, 1.807) is 37.3 Å². The minimum Gasteiger partial charge on any atom is -0.296 e. The summed E-state index contributed by atoms with van der Waals surface area (Å²) in [6.45, 7) is 1.81. The Morgan fingerprint density at radius 1 is 1.04 bits per heavy atom. The van der Waals surface area contributed by atoms with Gasteiger partial charge in [0.15, 0.2) is 0 Å². The fourth-order valence-corrected chi connectivity index (χ4v) is 4.72. The number of nitrogens with one attached hydrogen (secondary N) is 2. The Kier molecular flexibility index (Phi) is 6.50. The van der Waals surface area contributed by atoms with Gasteiger partial charge in [-0.15, -0.1) is 10.2 Å². The second-order valence-corrected chi connectivity index (χ2v) is 9.11. The van der Waals surface area contributed by atoms with Gasteiger partial charge >= 0.3 is 0 Å². The van der Waals surface area contributed by atoms with Gasteiger partial charge in [0.1, 0.15) is 0 Å². The molecule has 0 aliphatic heterocycles. The molecule has 9 heteroatoms. The molecular weight excluding hydrogens is 396 g/mol. The molecule has 0 radical (unpaired) electrons. The summed E-state index contributed by atoms with van der Waals surface area (Å²) in [7, 11) is -3.80. The molecule has 1 unspecified atom stereocenters. The maximum Gasteiger partial charge on any atom is 0.270 e. The van der Waals surface area contributed by atoms with Crippen LogP contribution < -0.4 is 10.0 Å². The highest BCUT2D eigenvalue weighted by Gasteiger charge is 2.23. The number of hydrogen-bond acceptors (Lipinski definition) is 6. The van der Waals surface area contributed by atoms with Crippen LogP contribution >= 0.6 is 11.3 Å². The van der Waals surface area contributed by atoms with E-state index in [4.69, 9.17) is 0 Å². The molecular formula is C19H20N4O3S2. The highest BCUT2D eigenvalue weighted by Crippen LogP contribution is 2.21. The number of carbonyl (C=O) groups is 1. The van der Waals surface area contributed by atoms with Crippen molar-refractivity contribution in [1.29, 1.82) is 0 Å². The number of benzene rings is 2. The van der Waals surface area contributed by atoms with E-state index in [0.717, 1.165) is 23.3 Å². The van der Waals surface area contributed by atoms with E-state index >= 15 is 0 Å². The van der Waals surface area contributed by atoms with Gasteiger partial charge in [-0.05, 0) is 37.5 Å². The second kappa shape index (κ2) is 9.05. The maximum atomic E-state index is 12.5. The van der Waals surface area contributed by atoms with Crippen LogP contribution in [0.15, 0.2) is 65.0 Å². The van der Waals surface area contributed by atoms with Gasteiger partial charge in [-0.2, -0.15) is 0 Å². The third-order valence-electron chi connectivity index (χ3n) is 3.96. The molecule has 1 aromatic heterocycles. The predicted octanol–water partition coefficient (Wildman–Crippen LogP) is 3.09. The van der Waals surface area contributed by atoms with E-state index < -0.39 is 10.0 Å². The van der Waals surface area contributed by atoms with Gasteiger partial charge in [0.25, 0.3) is 15.9 Å². The van der Waals surface area contributed by atoms with E-state index in [2.05, 4.69) is 20.2 Å². The summed E-state index contributed by atoms with van der Waals surface area (Å²) < 4.78 is 27.4. The molecule has 0 aliphatic carbocycles. The minimum atomic E-state index is -3.80. The normalized spacial score (nSPS) is 12.5. The van der Waals surface area contributed by atoms with Crippen molar-refractivity contribution >= 4 is 32.4 Å². The van der Waals surface area contributed by atoms with Crippen molar-refractivity contribution in [1.82, 2.24) is 14.9 Å². The first-order valence-corrected chi connectivity index (χ1v) is 11.0. The number of anilines is 1. The topological polar surface area (TPSA) is 101 Å². The molecule has 1 amide bonds. The number of nitrogens with zero attached hydrogens (tertiary/aromatic N) is 2. The van der Waals surface area contributed by atoms with E-state index in [9.17, 15) is 13.2 Å². The second-order valence-electron chi connectivity index (χ2n) is 6.24. The van der Waals surface area contributed by atoms with Gasteiger partial charge in [0, 0.05) is 11.6 Å². The Morgan fingerprint density at radius 2 is 1.68 bits per heavy atom. The van der Waals surface area contributed by atoms with Crippen molar-refractivity contribution in [3.8, 4) is 0 Å². The Hall–Kier alpha value is -2.62. The zero-order valence-electron chi connectivity index (χ0n) is 15.2. The molecule has 2 aromatic carbocycles. The zero-order chi connectivity index (χ0) is 20.0. The van der Waals surface area contributed by atoms with Crippen molar-refractivity contribution in [3.05, 3.63) is 71.8 Å². The van der Waals surface area contributed by atoms with Crippen LogP contribution in [0.1, 0.15) is 29.3 Å². The number of rotatable bonds is 8. The van der Waals surface area contributed by atoms with Crippen LogP contribution in [0.25, 0.3) is 0 Å². The summed E-state index contributed by atoms with van der Waals surface area (Å²) in [5, 5.41) is 10.2. The molecule has 2 N–H and O–H groups in total. The van der Waals surface area contributed by atoms with Crippen LogP contribution in [-0.2, 0) is 16.4 Å². The first-order valence-electron chi connectivity index (χ1n) is 8.70. The first-order chi connectivity index (χ1) is 13.4. The maximum absolute atomic E-state index is 12.5. The zero-order valence-corrected chi connectivity index (χ0v) is 16.8. The van der Waals surface area contributed by atoms with Crippen molar-refractivity contribution in [3.63, 3.8) is 0 Å². The van der Waals surface area contributed by atoms with Crippen LogP contribution in [0.4, 0.5) is 5.13 Å². The van der Waals surface area contributed by atoms with Gasteiger partial charge < -0.3 is 0 Å². The number of amides is 1. The molecule has 1 atom stereocenters. The summed E-state index contributed by atoms with van der Waals surface area (Å²) in [4.78, 5) is 12.1. The number of hydrogen-bond donors (Lipinski definition) is 2. The van der Waals surface area contributed by atoms with E-state index in [1.807, 2.05) is 30.3 Å². The number of carbonyl (C=O) groups excluding carboxylic acids is 1. The lowest BCUT2D eigenvalue weighted by molar-refractivity contribution is 0.102. The summed E-state index contributed by atoms with van der Waals surface area (Å²) in [6.07, 6.45) is 1.42. The fraction of sp³-hybridized carbons (Fsp3) is 0.211. The molecule has 3 aromatic rings. The highest BCUT2D eigenvalue weighted by molar-refractivity contribution is 7.91. The number of aryl methyl sites for hydroxylation is 1. The van der Waals surface area contributed by atoms with Gasteiger partial charge in [-0.25, -0.2) is 13.1 Å². The van der Waals surface area contributed by atoms with Crippen LogP contribution in [0, 0.1) is 0 Å². The predicted molar refractivity (Wildman–Crippen MR) is 109 cm³/mol. The molecule has 7 nitrogen and oxygen atoms in total. The fourth-order valence-electron chi connectivity index (χ4n) is 2.53. The summed E-state index contributed by atoms with van der Waals surface area (Å²) in [5.41, 5.74) is 1.60. The molecule has 3 rings (SSSR count). The Labute approximate surface area is 167 Å². The molecule has 0 fully saturated rings. The number of aromatic nitrogens is 2. The van der Waals surface area contributed by atoms with Crippen molar-refractivity contribution in [2.45, 2.75) is 30.1 Å². The lowest BCUT2D eigenvalue weighted by Crippen LogP contribution is -2.32. The quantitative estimate of drug-likeness (QED) is 0.550. The first kappa shape index (κ1) is 20.1. The van der Waals surface area contributed by atoms with Crippen LogP contribution in [-0.4, -0.2) is 30.6 Å². The number of sulfonamides is 1. The summed E-state index contributed by atoms with van der Waals surface area (Å²) >= 11 is 0.815. The van der Waals surface area contributed by atoms with Gasteiger partial charge in [0.2, 0.25) is 9.47 Å². The molecule has 0 saturated carbocycles. The molecule has 0 saturated heterocycles. The average Bonchev–Trinajstić information content (AvgIpc) is 3.17. The summed E-state index contributed by atoms with van der Waals surface area (Å²) in [6, 6.07) is 18.2. The average molecular weight is 417 g/mol. The monoisotopic (exact) mass is 416 g/mol. The Bertz CT molecular complexity index is 1020. The van der Waals surface area contributed by atoms with E-state index in [1.165, 1.54) is 0 Å². The molecule has 1 heterocycles. The van der Waals surface area contributed by atoms with Crippen LogP contribution in [0.3, 0.4) is 0 Å². The Balaban J connectivity index is 1.59. The molecule has 0 bridgehead atoms. The Morgan fingerprint density at radius 3 is 2.36 bits per heavy atom. The smallest absolute Gasteiger partial charge is 0.270 e. The molecule has 28 heavy (non-hydrogen) atoms. The third-order valence-corrected chi connectivity index (χ3v) is 6.75. The van der Waals surface area contributed by atoms with Gasteiger partial charge in [0.05, 0.1) is 0 Å². The van der Waals surface area contributed by atoms with E-state index in [-0.39, 0.29) is 21.4 Å². The molecule has 0 aliphatic rings. The minimum absolute atomic E-state index is 0.131. The van der Waals surface area contributed by atoms with Crippen molar-refractivity contribution in [2.75, 3.05) is 5.32 Å². The van der Waals surface area contributed by atoms with Crippen LogP contribution in [0.2, 0.25) is 0 Å². The molecule has 146 valence electrons. The van der Waals surface area contributed by atoms with E-state index in [0.29, 0.717) is 12.0 Å². The molecule has 0 spiro atoms. The lowest BCUT2D eigenvalue weighted by atomic mass is 10.1. The van der Waals surface area contributed by atoms with Crippen molar-refractivity contribution in [2.24, 2.45) is 0 Å². The largest absolute Gasteiger partial charge is 0.296 e. The lowest BCUT2D eigenvalue weighted by Gasteiger charge is -2.12. The van der Waals surface area contributed by atoms with Crippen LogP contribution in [0.5, 0.6) is 0 Å².